The number of hydrogen-bond donors (Lipinski definition) is 1. The molecule has 0 saturated carbocycles. The quantitative estimate of drug-likeness (QED) is 0.423. The van der Waals surface area contributed by atoms with Crippen LogP contribution in [-0.2, 0) is 16.8 Å². The number of amides is 1. The van der Waals surface area contributed by atoms with Crippen molar-refractivity contribution in [3.05, 3.63) is 53.6 Å². The second-order valence-electron chi connectivity index (χ2n) is 5.39. The highest BCUT2D eigenvalue weighted by Crippen LogP contribution is 2.09. The van der Waals surface area contributed by atoms with Crippen LogP contribution < -0.4 is 22.3 Å². The number of carbonyl (C=O) groups excluding carboxylic acids is 1. The van der Waals surface area contributed by atoms with Crippen molar-refractivity contribution in [1.29, 1.82) is 0 Å². The zero-order valence-corrected chi connectivity index (χ0v) is 16.2. The van der Waals surface area contributed by atoms with E-state index in [4.69, 9.17) is 11.6 Å². The van der Waals surface area contributed by atoms with E-state index in [-0.39, 0.29) is 18.3 Å². The van der Waals surface area contributed by atoms with E-state index in [0.717, 1.165) is 8.28 Å². The number of halogens is 2. The van der Waals surface area contributed by atoms with E-state index in [0.29, 0.717) is 30.1 Å². The Kier molecular flexibility index (Phi) is 7.88. The van der Waals surface area contributed by atoms with Crippen molar-refractivity contribution in [3.8, 4) is 0 Å². The number of aryl methyl sites for hydroxylation is 1. The normalized spacial score (nSPS) is 11.2. The molecule has 1 aromatic carbocycles. The second-order valence-corrected chi connectivity index (χ2v) is 7.87. The zero-order chi connectivity index (χ0) is 17.7. The monoisotopic (exact) mass is 406 g/mol. The van der Waals surface area contributed by atoms with E-state index in [1.54, 1.807) is 35.0 Å². The Morgan fingerprint density at radius 1 is 1.28 bits per heavy atom. The van der Waals surface area contributed by atoms with Crippen LogP contribution >= 0.6 is 11.6 Å². The molecule has 0 saturated heterocycles. The lowest BCUT2D eigenvalue weighted by Crippen LogP contribution is -3.00. The third-order valence-corrected chi connectivity index (χ3v) is 5.30. The van der Waals surface area contributed by atoms with E-state index in [1.165, 1.54) is 26.6 Å². The molecule has 1 heterocycles. The molecular formula is C15H20Cl2N4O3S. The van der Waals surface area contributed by atoms with E-state index in [9.17, 15) is 13.2 Å². The lowest BCUT2D eigenvalue weighted by Gasteiger charge is -2.06. The summed E-state index contributed by atoms with van der Waals surface area (Å²) in [5.74, 6) is -0.163. The lowest BCUT2D eigenvalue weighted by molar-refractivity contribution is -0.696. The van der Waals surface area contributed by atoms with Gasteiger partial charge in [-0.1, -0.05) is 11.6 Å². The smallest absolute Gasteiger partial charge is 0.379 e. The van der Waals surface area contributed by atoms with Gasteiger partial charge in [-0.15, -0.1) is 3.97 Å². The summed E-state index contributed by atoms with van der Waals surface area (Å²) in [5, 5.41) is 3.40. The number of nitrogens with one attached hydrogen (secondary N) is 1. The Labute approximate surface area is 158 Å². The number of aromatic nitrogens is 2. The molecule has 0 fully saturated rings. The van der Waals surface area contributed by atoms with Crippen molar-refractivity contribution < 1.29 is 30.2 Å². The molecular weight excluding hydrogens is 387 g/mol. The van der Waals surface area contributed by atoms with Crippen LogP contribution in [0.25, 0.3) is 0 Å². The SMILES string of the molecule is CN(C)S(=O)(=O)n1cc[n+](CCCNC(=O)c2ccc(Cl)cc2)c1.[Cl-]. The summed E-state index contributed by atoms with van der Waals surface area (Å²) in [6.45, 7) is 1.08. The average Bonchev–Trinajstić information content (AvgIpc) is 3.01. The van der Waals surface area contributed by atoms with Gasteiger partial charge in [0, 0.05) is 37.6 Å². The molecule has 2 rings (SSSR count). The van der Waals surface area contributed by atoms with Crippen LogP contribution in [0, 0.1) is 0 Å². The Morgan fingerprint density at radius 3 is 2.52 bits per heavy atom. The molecule has 2 aromatic rings. The Balaban J connectivity index is 0.00000312. The van der Waals surface area contributed by atoms with Crippen LogP contribution in [0.5, 0.6) is 0 Å². The van der Waals surface area contributed by atoms with Gasteiger partial charge < -0.3 is 17.7 Å². The minimum atomic E-state index is -3.49. The molecule has 0 aliphatic heterocycles. The molecule has 0 radical (unpaired) electrons. The molecule has 0 atom stereocenters. The van der Waals surface area contributed by atoms with Gasteiger partial charge in [-0.25, -0.2) is 4.57 Å². The summed E-state index contributed by atoms with van der Waals surface area (Å²) in [7, 11) is -0.535. The van der Waals surface area contributed by atoms with Crippen molar-refractivity contribution in [2.45, 2.75) is 13.0 Å². The Bertz CT molecular complexity index is 804. The minimum Gasteiger partial charge on any atom is -1.00 e. The zero-order valence-electron chi connectivity index (χ0n) is 13.9. The minimum absolute atomic E-state index is 0. The molecule has 25 heavy (non-hydrogen) atoms. The fourth-order valence-corrected chi connectivity index (χ4v) is 2.95. The molecule has 0 aliphatic rings. The molecule has 0 bridgehead atoms. The maximum Gasteiger partial charge on any atom is 0.379 e. The van der Waals surface area contributed by atoms with Crippen molar-refractivity contribution in [1.82, 2.24) is 13.6 Å². The first-order valence-electron chi connectivity index (χ1n) is 7.34. The first-order valence-corrected chi connectivity index (χ1v) is 9.12. The first-order chi connectivity index (χ1) is 11.3. The van der Waals surface area contributed by atoms with Crippen molar-refractivity contribution >= 4 is 27.7 Å². The van der Waals surface area contributed by atoms with E-state index >= 15 is 0 Å². The number of imidazole rings is 1. The summed E-state index contributed by atoms with van der Waals surface area (Å²) >= 11 is 5.78. The van der Waals surface area contributed by atoms with Crippen LogP contribution in [0.15, 0.2) is 43.0 Å². The maximum atomic E-state index is 12.0. The molecule has 138 valence electrons. The molecule has 0 unspecified atom stereocenters. The standard InChI is InChI=1S/C15H19ClN4O3S.ClH/c1-18(2)24(22,23)20-11-10-19(12-20)9-3-8-17-15(21)13-4-6-14(16)7-5-13;/h4-7,10-12H,3,8-9H2,1-2H3;1H. The van der Waals surface area contributed by atoms with Crippen LogP contribution in [-0.4, -0.2) is 43.2 Å². The third-order valence-electron chi connectivity index (χ3n) is 3.38. The summed E-state index contributed by atoms with van der Waals surface area (Å²) in [5.41, 5.74) is 0.551. The number of carbonyl (C=O) groups is 1. The van der Waals surface area contributed by atoms with Crippen molar-refractivity contribution in [2.24, 2.45) is 0 Å². The summed E-state index contributed by atoms with van der Waals surface area (Å²) < 4.78 is 28.0. The van der Waals surface area contributed by atoms with Crippen LogP contribution in [0.3, 0.4) is 0 Å². The maximum absolute atomic E-state index is 12.0. The van der Waals surface area contributed by atoms with Gasteiger partial charge in [0.05, 0.1) is 6.54 Å². The number of benzene rings is 1. The average molecular weight is 407 g/mol. The summed E-state index contributed by atoms with van der Waals surface area (Å²) in [6, 6.07) is 6.66. The fraction of sp³-hybridized carbons (Fsp3) is 0.333. The molecule has 10 heteroatoms. The largest absolute Gasteiger partial charge is 1.00 e. The molecule has 1 amide bonds. The van der Waals surface area contributed by atoms with E-state index < -0.39 is 10.2 Å². The molecule has 1 N–H and O–H groups in total. The predicted molar refractivity (Wildman–Crippen MR) is 91.0 cm³/mol. The second kappa shape index (κ2) is 9.19. The highest BCUT2D eigenvalue weighted by Gasteiger charge is 2.22. The first kappa shape index (κ1) is 21.4. The van der Waals surface area contributed by atoms with Crippen LogP contribution in [0.4, 0.5) is 0 Å². The van der Waals surface area contributed by atoms with Gasteiger partial charge >= 0.3 is 10.2 Å². The van der Waals surface area contributed by atoms with Gasteiger partial charge in [0.2, 0.25) is 0 Å². The Hall–Kier alpha value is -1.61. The predicted octanol–water partition coefficient (Wildman–Crippen LogP) is -2.09. The van der Waals surface area contributed by atoms with Gasteiger partial charge in [-0.2, -0.15) is 12.7 Å². The van der Waals surface area contributed by atoms with Gasteiger partial charge in [0.15, 0.2) is 0 Å². The highest BCUT2D eigenvalue weighted by atomic mass is 35.5. The highest BCUT2D eigenvalue weighted by molar-refractivity contribution is 7.87. The number of nitrogens with zero attached hydrogens (tertiary/aromatic N) is 3. The van der Waals surface area contributed by atoms with Gasteiger partial charge in [-0.3, -0.25) is 4.79 Å². The molecule has 7 nitrogen and oxygen atoms in total. The molecule has 1 aromatic heterocycles. The fourth-order valence-electron chi connectivity index (χ4n) is 2.00. The van der Waals surface area contributed by atoms with Crippen molar-refractivity contribution in [3.63, 3.8) is 0 Å². The van der Waals surface area contributed by atoms with Crippen LogP contribution in [0.2, 0.25) is 5.02 Å². The molecule has 0 spiro atoms. The van der Waals surface area contributed by atoms with Gasteiger partial charge in [0.1, 0.15) is 12.4 Å². The van der Waals surface area contributed by atoms with Gasteiger partial charge in [0.25, 0.3) is 12.2 Å². The van der Waals surface area contributed by atoms with Crippen LogP contribution in [0.1, 0.15) is 16.8 Å². The molecule has 0 aliphatic carbocycles. The van der Waals surface area contributed by atoms with Gasteiger partial charge in [-0.05, 0) is 24.3 Å². The van der Waals surface area contributed by atoms with E-state index in [1.807, 2.05) is 0 Å². The van der Waals surface area contributed by atoms with E-state index in [2.05, 4.69) is 5.32 Å². The third kappa shape index (κ3) is 5.71. The Morgan fingerprint density at radius 2 is 1.92 bits per heavy atom. The summed E-state index contributed by atoms with van der Waals surface area (Å²) in [4.78, 5) is 11.9. The lowest BCUT2D eigenvalue weighted by atomic mass is 10.2. The number of hydrogen-bond acceptors (Lipinski definition) is 3. The summed E-state index contributed by atoms with van der Waals surface area (Å²) in [6.07, 6.45) is 5.36. The number of rotatable bonds is 7. The van der Waals surface area contributed by atoms with Crippen molar-refractivity contribution in [2.75, 3.05) is 20.6 Å². The topological polar surface area (TPSA) is 75.3 Å².